The monoisotopic (exact) mass is 266 g/mol. The van der Waals surface area contributed by atoms with E-state index in [1.54, 1.807) is 12.1 Å². The Labute approximate surface area is 112 Å². The first-order chi connectivity index (χ1) is 9.16. The van der Waals surface area contributed by atoms with E-state index in [1.165, 1.54) is 12.1 Å². The van der Waals surface area contributed by atoms with Gasteiger partial charge in [0.25, 0.3) is 0 Å². The summed E-state index contributed by atoms with van der Waals surface area (Å²) in [6.45, 7) is 5.36. The molecule has 0 aromatic heterocycles. The maximum absolute atomic E-state index is 12.7. The number of carbonyl (C=O) groups excluding carboxylic acids is 1. The summed E-state index contributed by atoms with van der Waals surface area (Å²) in [6, 6.07) is 5.82. The lowest BCUT2D eigenvalue weighted by Crippen LogP contribution is -2.48. The summed E-state index contributed by atoms with van der Waals surface area (Å²) in [5, 5.41) is 3.21. The third-order valence-electron chi connectivity index (χ3n) is 3.16. The van der Waals surface area contributed by atoms with E-state index in [0.29, 0.717) is 12.4 Å². The standard InChI is InChI=1S/C14H19FN2O2/c1-11(14(18)17-8-6-16-7-9-17)10-19-13-4-2-12(15)3-5-13/h2-5,11,16H,6-10H2,1H3. The zero-order chi connectivity index (χ0) is 13.7. The van der Waals surface area contributed by atoms with Crippen LogP contribution in [0.1, 0.15) is 6.92 Å². The molecule has 1 atom stereocenters. The van der Waals surface area contributed by atoms with Crippen molar-refractivity contribution in [3.8, 4) is 5.75 Å². The van der Waals surface area contributed by atoms with Crippen LogP contribution in [0.5, 0.6) is 5.75 Å². The second-order valence-electron chi connectivity index (χ2n) is 4.74. The van der Waals surface area contributed by atoms with Gasteiger partial charge in [-0.1, -0.05) is 6.92 Å². The van der Waals surface area contributed by atoms with Crippen LogP contribution in [0.2, 0.25) is 0 Å². The van der Waals surface area contributed by atoms with Crippen molar-refractivity contribution in [1.82, 2.24) is 10.2 Å². The minimum atomic E-state index is -0.294. The van der Waals surface area contributed by atoms with Crippen molar-refractivity contribution in [2.75, 3.05) is 32.8 Å². The van der Waals surface area contributed by atoms with Gasteiger partial charge in [0.1, 0.15) is 11.6 Å². The molecule has 1 heterocycles. The van der Waals surface area contributed by atoms with Gasteiger partial charge in [0.05, 0.1) is 12.5 Å². The van der Waals surface area contributed by atoms with Gasteiger partial charge in [-0.3, -0.25) is 4.79 Å². The highest BCUT2D eigenvalue weighted by molar-refractivity contribution is 5.78. The number of hydrogen-bond acceptors (Lipinski definition) is 3. The maximum atomic E-state index is 12.7. The third-order valence-corrected chi connectivity index (χ3v) is 3.16. The Balaban J connectivity index is 1.81. The topological polar surface area (TPSA) is 41.6 Å². The third kappa shape index (κ3) is 3.92. The van der Waals surface area contributed by atoms with Gasteiger partial charge >= 0.3 is 0 Å². The number of piperazine rings is 1. The van der Waals surface area contributed by atoms with E-state index in [9.17, 15) is 9.18 Å². The molecular formula is C14H19FN2O2. The minimum absolute atomic E-state index is 0.114. The SMILES string of the molecule is CC(COc1ccc(F)cc1)C(=O)N1CCNCC1. The Hall–Kier alpha value is -1.62. The Morgan fingerprint density at radius 2 is 2.00 bits per heavy atom. The molecule has 1 aliphatic heterocycles. The predicted molar refractivity (Wildman–Crippen MR) is 70.5 cm³/mol. The summed E-state index contributed by atoms with van der Waals surface area (Å²) in [5.41, 5.74) is 0. The summed E-state index contributed by atoms with van der Waals surface area (Å²) in [5.74, 6) is 0.213. The van der Waals surface area contributed by atoms with Crippen molar-refractivity contribution in [1.29, 1.82) is 0 Å². The van der Waals surface area contributed by atoms with E-state index < -0.39 is 0 Å². The first kappa shape index (κ1) is 13.8. The highest BCUT2D eigenvalue weighted by Crippen LogP contribution is 2.13. The number of rotatable bonds is 4. The molecule has 0 saturated carbocycles. The van der Waals surface area contributed by atoms with Gasteiger partial charge in [-0.05, 0) is 24.3 Å². The summed E-state index contributed by atoms with van der Waals surface area (Å²) in [4.78, 5) is 14.0. The zero-order valence-corrected chi connectivity index (χ0v) is 11.1. The molecule has 1 aromatic carbocycles. The molecule has 0 bridgehead atoms. The smallest absolute Gasteiger partial charge is 0.228 e. The Morgan fingerprint density at radius 1 is 1.37 bits per heavy atom. The van der Waals surface area contributed by atoms with Gasteiger partial charge in [0.2, 0.25) is 5.91 Å². The second kappa shape index (κ2) is 6.52. The number of carbonyl (C=O) groups is 1. The van der Waals surface area contributed by atoms with Gasteiger partial charge in [-0.25, -0.2) is 4.39 Å². The van der Waals surface area contributed by atoms with E-state index in [4.69, 9.17) is 4.74 Å². The van der Waals surface area contributed by atoms with Crippen LogP contribution in [0.4, 0.5) is 4.39 Å². The lowest BCUT2D eigenvalue weighted by atomic mass is 10.1. The number of hydrogen-bond donors (Lipinski definition) is 1. The van der Waals surface area contributed by atoms with Gasteiger partial charge in [-0.2, -0.15) is 0 Å². The van der Waals surface area contributed by atoms with Crippen LogP contribution in [-0.2, 0) is 4.79 Å². The lowest BCUT2D eigenvalue weighted by molar-refractivity contribution is -0.136. The average Bonchev–Trinajstić information content (AvgIpc) is 2.46. The fourth-order valence-electron chi connectivity index (χ4n) is 2.02. The fraction of sp³-hybridized carbons (Fsp3) is 0.500. The molecule has 19 heavy (non-hydrogen) atoms. The number of halogens is 1. The van der Waals surface area contributed by atoms with Crippen molar-refractivity contribution in [3.05, 3.63) is 30.1 Å². The molecule has 0 spiro atoms. The summed E-state index contributed by atoms with van der Waals surface area (Å²) < 4.78 is 18.2. The average molecular weight is 266 g/mol. The molecule has 1 amide bonds. The molecule has 104 valence electrons. The van der Waals surface area contributed by atoms with Crippen LogP contribution in [0.25, 0.3) is 0 Å². The molecule has 1 fully saturated rings. The Morgan fingerprint density at radius 3 is 2.63 bits per heavy atom. The van der Waals surface area contributed by atoms with Gasteiger partial charge in [0, 0.05) is 26.2 Å². The number of nitrogens with one attached hydrogen (secondary N) is 1. The highest BCUT2D eigenvalue weighted by atomic mass is 19.1. The number of ether oxygens (including phenoxy) is 1. The predicted octanol–water partition coefficient (Wildman–Crippen LogP) is 1.27. The van der Waals surface area contributed by atoms with Crippen LogP contribution in [0, 0.1) is 11.7 Å². The first-order valence-corrected chi connectivity index (χ1v) is 6.54. The quantitative estimate of drug-likeness (QED) is 0.892. The van der Waals surface area contributed by atoms with Gasteiger partial charge in [-0.15, -0.1) is 0 Å². The van der Waals surface area contributed by atoms with E-state index in [-0.39, 0.29) is 17.6 Å². The second-order valence-corrected chi connectivity index (χ2v) is 4.74. The Bertz CT molecular complexity index is 416. The van der Waals surface area contributed by atoms with Crippen LogP contribution < -0.4 is 10.1 Å². The van der Waals surface area contributed by atoms with Crippen LogP contribution >= 0.6 is 0 Å². The number of benzene rings is 1. The maximum Gasteiger partial charge on any atom is 0.228 e. The molecule has 1 aromatic rings. The molecule has 5 heteroatoms. The van der Waals surface area contributed by atoms with E-state index >= 15 is 0 Å². The molecule has 1 aliphatic rings. The molecule has 1 N–H and O–H groups in total. The fourth-order valence-corrected chi connectivity index (χ4v) is 2.02. The normalized spacial score (nSPS) is 17.1. The van der Waals surface area contributed by atoms with Crippen LogP contribution in [0.15, 0.2) is 24.3 Å². The van der Waals surface area contributed by atoms with Crippen LogP contribution in [0.3, 0.4) is 0 Å². The number of amides is 1. The van der Waals surface area contributed by atoms with Crippen molar-refractivity contribution in [3.63, 3.8) is 0 Å². The molecule has 0 aliphatic carbocycles. The van der Waals surface area contributed by atoms with E-state index in [2.05, 4.69) is 5.32 Å². The summed E-state index contributed by atoms with van der Waals surface area (Å²) in [6.07, 6.45) is 0. The van der Waals surface area contributed by atoms with Crippen molar-refractivity contribution >= 4 is 5.91 Å². The largest absolute Gasteiger partial charge is 0.493 e. The van der Waals surface area contributed by atoms with Gasteiger partial charge < -0.3 is 15.0 Å². The molecule has 0 radical (unpaired) electrons. The zero-order valence-electron chi connectivity index (χ0n) is 11.1. The highest BCUT2D eigenvalue weighted by Gasteiger charge is 2.22. The van der Waals surface area contributed by atoms with Crippen molar-refractivity contribution in [2.45, 2.75) is 6.92 Å². The molecule has 2 rings (SSSR count). The van der Waals surface area contributed by atoms with Crippen molar-refractivity contribution < 1.29 is 13.9 Å². The van der Waals surface area contributed by atoms with E-state index in [0.717, 1.165) is 26.2 Å². The Kier molecular flexibility index (Phi) is 4.74. The number of nitrogens with zero attached hydrogens (tertiary/aromatic N) is 1. The van der Waals surface area contributed by atoms with E-state index in [1.807, 2.05) is 11.8 Å². The van der Waals surface area contributed by atoms with Gasteiger partial charge in [0.15, 0.2) is 0 Å². The minimum Gasteiger partial charge on any atom is -0.493 e. The molecule has 4 nitrogen and oxygen atoms in total. The first-order valence-electron chi connectivity index (χ1n) is 6.54. The summed E-state index contributed by atoms with van der Waals surface area (Å²) >= 11 is 0. The molecule has 1 unspecified atom stereocenters. The lowest BCUT2D eigenvalue weighted by Gasteiger charge is -2.29. The molecule has 1 saturated heterocycles. The summed E-state index contributed by atoms with van der Waals surface area (Å²) in [7, 11) is 0. The molecular weight excluding hydrogens is 247 g/mol. The van der Waals surface area contributed by atoms with Crippen LogP contribution in [-0.4, -0.2) is 43.6 Å². The van der Waals surface area contributed by atoms with Crippen molar-refractivity contribution in [2.24, 2.45) is 5.92 Å².